The summed E-state index contributed by atoms with van der Waals surface area (Å²) in [5.41, 5.74) is 16.6. The van der Waals surface area contributed by atoms with Gasteiger partial charge in [0.05, 0.1) is 12.1 Å². The van der Waals surface area contributed by atoms with Crippen LogP contribution in [0.25, 0.3) is 20.9 Å². The molecule has 1 aliphatic heterocycles. The molecule has 0 aliphatic carbocycles. The molecule has 104 valence electrons. The van der Waals surface area contributed by atoms with Gasteiger partial charge in [0.2, 0.25) is 5.91 Å². The van der Waals surface area contributed by atoms with Crippen molar-refractivity contribution in [1.82, 2.24) is 5.32 Å². The minimum atomic E-state index is -1.44. The Balaban J connectivity index is 2.84. The third-order valence-electron chi connectivity index (χ3n) is 2.59. The van der Waals surface area contributed by atoms with Crippen molar-refractivity contribution in [3.8, 4) is 0 Å². The summed E-state index contributed by atoms with van der Waals surface area (Å²) in [6, 6.07) is -2.02. The molecule has 19 heavy (non-hydrogen) atoms. The molecule has 1 fully saturated rings. The predicted molar refractivity (Wildman–Crippen MR) is 61.4 cm³/mol. The summed E-state index contributed by atoms with van der Waals surface area (Å²) < 4.78 is 5.04. The molecule has 1 amide bonds. The van der Waals surface area contributed by atoms with Crippen LogP contribution < -0.4 is 5.32 Å². The first-order valence-electron chi connectivity index (χ1n) is 5.35. The number of amides is 1. The largest absolute Gasteiger partial charge is 0.388 e. The second-order valence-electron chi connectivity index (χ2n) is 3.89. The first kappa shape index (κ1) is 15.0. The Labute approximate surface area is 107 Å². The van der Waals surface area contributed by atoms with Gasteiger partial charge < -0.3 is 20.3 Å². The molecule has 0 spiro atoms. The molecule has 5 atom stereocenters. The van der Waals surface area contributed by atoms with Crippen LogP contribution in [0.4, 0.5) is 0 Å². The molecule has 0 saturated carbocycles. The molecule has 11 nitrogen and oxygen atoms in total. The maximum absolute atomic E-state index is 10.9. The summed E-state index contributed by atoms with van der Waals surface area (Å²) in [7, 11) is 0. The monoisotopic (exact) mass is 271 g/mol. The molecule has 1 heterocycles. The Morgan fingerprint density at radius 1 is 1.47 bits per heavy atom. The van der Waals surface area contributed by atoms with E-state index in [0.717, 1.165) is 0 Å². The van der Waals surface area contributed by atoms with Gasteiger partial charge in [-0.05, 0) is 11.1 Å². The van der Waals surface area contributed by atoms with E-state index in [2.05, 4.69) is 25.4 Å². The van der Waals surface area contributed by atoms with Crippen LogP contribution in [0.1, 0.15) is 6.92 Å². The lowest BCUT2D eigenvalue weighted by atomic mass is 10.0. The van der Waals surface area contributed by atoms with E-state index >= 15 is 0 Å². The van der Waals surface area contributed by atoms with Gasteiger partial charge in [-0.3, -0.25) is 4.79 Å². The topological polar surface area (TPSA) is 176 Å². The third-order valence-corrected chi connectivity index (χ3v) is 2.59. The zero-order valence-electron chi connectivity index (χ0n) is 9.99. The number of carbonyl (C=O) groups excluding carboxylic acids is 1. The molecule has 3 N–H and O–H groups in total. The number of ether oxygens (including phenoxy) is 1. The van der Waals surface area contributed by atoms with E-state index in [1.807, 2.05) is 0 Å². The highest BCUT2D eigenvalue weighted by Crippen LogP contribution is 2.24. The molecule has 1 saturated heterocycles. The van der Waals surface area contributed by atoms with Gasteiger partial charge >= 0.3 is 0 Å². The normalized spacial score (nSPS) is 30.9. The highest BCUT2D eigenvalue weighted by Gasteiger charge is 2.46. The van der Waals surface area contributed by atoms with Crippen molar-refractivity contribution in [2.45, 2.75) is 37.5 Å². The summed E-state index contributed by atoms with van der Waals surface area (Å²) in [6.07, 6.45) is -3.80. The lowest BCUT2D eigenvalue weighted by molar-refractivity contribution is -0.126. The molecule has 11 heteroatoms. The van der Waals surface area contributed by atoms with Gasteiger partial charge in [0.15, 0.2) is 6.29 Å². The molecule has 1 unspecified atom stereocenters. The summed E-state index contributed by atoms with van der Waals surface area (Å²) >= 11 is 0. The Bertz CT molecular complexity index is 431. The Kier molecular flexibility index (Phi) is 5.37. The van der Waals surface area contributed by atoms with Crippen LogP contribution in [0.3, 0.4) is 0 Å². The summed E-state index contributed by atoms with van der Waals surface area (Å²) in [6.45, 7) is 0.986. The number of rotatable bonds is 5. The van der Waals surface area contributed by atoms with E-state index in [-0.39, 0.29) is 6.54 Å². The van der Waals surface area contributed by atoms with Crippen LogP contribution >= 0.6 is 0 Å². The van der Waals surface area contributed by atoms with Gasteiger partial charge in [0, 0.05) is 23.3 Å². The minimum Gasteiger partial charge on any atom is -0.388 e. The first-order valence-corrected chi connectivity index (χ1v) is 5.35. The first-order chi connectivity index (χ1) is 9.01. The smallest absolute Gasteiger partial charge is 0.217 e. The number of aliphatic hydroxyl groups is 2. The fraction of sp³-hybridized carbons (Fsp3) is 0.875. The van der Waals surface area contributed by atoms with Crippen molar-refractivity contribution >= 4 is 5.91 Å². The van der Waals surface area contributed by atoms with Gasteiger partial charge in [-0.25, -0.2) is 0 Å². The van der Waals surface area contributed by atoms with Crippen LogP contribution in [-0.2, 0) is 9.53 Å². The molecule has 0 aromatic heterocycles. The highest BCUT2D eigenvalue weighted by molar-refractivity contribution is 5.73. The number of hydrogen-bond acceptors (Lipinski definition) is 6. The van der Waals surface area contributed by atoms with Crippen LogP contribution in [-0.4, -0.2) is 53.2 Å². The Hall–Kier alpha value is -2.03. The molecule has 0 bridgehead atoms. The molecule has 0 radical (unpaired) electrons. The van der Waals surface area contributed by atoms with E-state index in [1.54, 1.807) is 0 Å². The van der Waals surface area contributed by atoms with E-state index in [4.69, 9.17) is 15.8 Å². The molecular formula is C8H13N7O4. The van der Waals surface area contributed by atoms with Crippen LogP contribution in [0.15, 0.2) is 10.2 Å². The highest BCUT2D eigenvalue weighted by atomic mass is 16.6. The number of nitrogens with one attached hydrogen (secondary N) is 1. The summed E-state index contributed by atoms with van der Waals surface area (Å²) in [4.78, 5) is 16.0. The quantitative estimate of drug-likeness (QED) is 0.349. The second kappa shape index (κ2) is 6.78. The van der Waals surface area contributed by atoms with E-state index in [9.17, 15) is 15.0 Å². The van der Waals surface area contributed by atoms with Gasteiger partial charge in [-0.2, -0.15) is 0 Å². The Morgan fingerprint density at radius 3 is 2.68 bits per heavy atom. The lowest BCUT2D eigenvalue weighted by Gasteiger charge is -2.21. The molecule has 1 aliphatic rings. The number of carbonyl (C=O) groups is 1. The molecule has 0 aromatic carbocycles. The number of azide groups is 2. The minimum absolute atomic E-state index is 0.234. The Morgan fingerprint density at radius 2 is 2.16 bits per heavy atom. The zero-order valence-corrected chi connectivity index (χ0v) is 9.99. The fourth-order valence-corrected chi connectivity index (χ4v) is 1.80. The van der Waals surface area contributed by atoms with Crippen molar-refractivity contribution in [1.29, 1.82) is 0 Å². The van der Waals surface area contributed by atoms with E-state index < -0.39 is 36.5 Å². The second-order valence-corrected chi connectivity index (χ2v) is 3.89. The van der Waals surface area contributed by atoms with Crippen molar-refractivity contribution in [3.63, 3.8) is 0 Å². The average Bonchev–Trinajstić information content (AvgIpc) is 2.62. The SMILES string of the molecule is CC(=O)NC1[C@@H](O)O[C@H]([C@H](CN=[N+]=[N-])N=[N+]=[N-])[C@H]1O. The zero-order chi connectivity index (χ0) is 14.4. The standard InChI is InChI=1S/C8H13N7O4/c1-3(16)12-5-6(17)7(19-8(5)18)4(13-15-10)2-11-14-9/h4-8,17-18H,2H2,1H3,(H,12,16)/t4-,5?,6-,7+,8-/m0/s1. The molecule has 0 aromatic rings. The van der Waals surface area contributed by atoms with Crippen molar-refractivity contribution in [2.24, 2.45) is 10.2 Å². The lowest BCUT2D eigenvalue weighted by Crippen LogP contribution is -2.48. The maximum atomic E-state index is 10.9. The van der Waals surface area contributed by atoms with Crippen LogP contribution in [0.2, 0.25) is 0 Å². The van der Waals surface area contributed by atoms with Crippen molar-refractivity contribution < 1.29 is 19.7 Å². The van der Waals surface area contributed by atoms with E-state index in [1.165, 1.54) is 6.92 Å². The van der Waals surface area contributed by atoms with Crippen molar-refractivity contribution in [3.05, 3.63) is 20.9 Å². The molecule has 1 rings (SSSR count). The number of nitrogens with zero attached hydrogens (tertiary/aromatic N) is 6. The van der Waals surface area contributed by atoms with Crippen molar-refractivity contribution in [2.75, 3.05) is 6.54 Å². The number of aliphatic hydroxyl groups excluding tert-OH is 2. The van der Waals surface area contributed by atoms with Crippen LogP contribution in [0.5, 0.6) is 0 Å². The van der Waals surface area contributed by atoms with Gasteiger partial charge in [-0.15, -0.1) is 0 Å². The van der Waals surface area contributed by atoms with Gasteiger partial charge in [0.1, 0.15) is 12.1 Å². The summed E-state index contributed by atoms with van der Waals surface area (Å²) in [5, 5.41) is 28.4. The maximum Gasteiger partial charge on any atom is 0.217 e. The summed E-state index contributed by atoms with van der Waals surface area (Å²) in [5.74, 6) is -0.456. The third kappa shape index (κ3) is 3.71. The van der Waals surface area contributed by atoms with Crippen LogP contribution in [0, 0.1) is 0 Å². The fourth-order valence-electron chi connectivity index (χ4n) is 1.80. The molecular weight excluding hydrogens is 258 g/mol. The number of hydrogen-bond donors (Lipinski definition) is 3. The van der Waals surface area contributed by atoms with Gasteiger partial charge in [0.25, 0.3) is 0 Å². The average molecular weight is 271 g/mol. The predicted octanol–water partition coefficient (Wildman–Crippen LogP) is -0.442. The van der Waals surface area contributed by atoms with Gasteiger partial charge in [-0.1, -0.05) is 10.2 Å². The van der Waals surface area contributed by atoms with E-state index in [0.29, 0.717) is 0 Å².